The van der Waals surface area contributed by atoms with Gasteiger partial charge < -0.3 is 0 Å². The molecule has 0 aliphatic carbocycles. The van der Waals surface area contributed by atoms with Crippen molar-refractivity contribution in [3.8, 4) is 50.2 Å². The first kappa shape index (κ1) is 28.9. The van der Waals surface area contributed by atoms with E-state index in [2.05, 4.69) is 187 Å². The number of benzene rings is 8. The third-order valence-electron chi connectivity index (χ3n) is 9.73. The minimum absolute atomic E-state index is 0.851. The maximum Gasteiger partial charge on any atom is 0.114 e. The number of hydrogen-bond acceptors (Lipinski definition) is 1. The summed E-state index contributed by atoms with van der Waals surface area (Å²) < 4.78 is 2.32. The quantitative estimate of drug-likeness (QED) is 0.168. The van der Waals surface area contributed by atoms with Crippen LogP contribution in [0.3, 0.4) is 0 Å². The molecule has 232 valence electrons. The zero-order valence-corrected chi connectivity index (χ0v) is 27.3. The van der Waals surface area contributed by atoms with E-state index in [1.54, 1.807) is 0 Å². The van der Waals surface area contributed by atoms with Gasteiger partial charge in [0.05, 0.1) is 11.0 Å². The average Bonchev–Trinajstić information content (AvgIpc) is 3.56. The molecule has 0 aliphatic rings. The van der Waals surface area contributed by atoms with Crippen molar-refractivity contribution in [1.82, 2.24) is 9.55 Å². The van der Waals surface area contributed by atoms with Gasteiger partial charge in [-0.15, -0.1) is 0 Å². The fourth-order valence-corrected chi connectivity index (χ4v) is 7.50. The number of imidazole rings is 1. The second-order valence-corrected chi connectivity index (χ2v) is 12.6. The zero-order chi connectivity index (χ0) is 32.7. The van der Waals surface area contributed by atoms with E-state index in [1.165, 1.54) is 66.1 Å². The van der Waals surface area contributed by atoms with Crippen molar-refractivity contribution in [3.05, 3.63) is 182 Å². The van der Waals surface area contributed by atoms with Crippen LogP contribution in [-0.4, -0.2) is 9.55 Å². The molecule has 0 aliphatic heterocycles. The largest absolute Gasteiger partial charge is 0.296 e. The number of fused-ring (bicyclic) bond motifs is 3. The first-order valence-electron chi connectivity index (χ1n) is 17.0. The van der Waals surface area contributed by atoms with Crippen LogP contribution in [-0.2, 0) is 6.42 Å². The second-order valence-electron chi connectivity index (χ2n) is 12.6. The topological polar surface area (TPSA) is 17.8 Å². The Labute approximate surface area is 286 Å². The SMILES string of the molecule is CCc1nc2ccccc2n1-c1cccc(-c2c3ccccc3c(-c3cccc(-c4ccccc4)c3)c3cc(-c4ccccc4)ccc23)c1. The van der Waals surface area contributed by atoms with Gasteiger partial charge in [-0.05, 0) is 102 Å². The van der Waals surface area contributed by atoms with Gasteiger partial charge in [-0.25, -0.2) is 4.98 Å². The molecule has 8 aromatic carbocycles. The van der Waals surface area contributed by atoms with E-state index in [9.17, 15) is 0 Å². The summed E-state index contributed by atoms with van der Waals surface area (Å²) in [5.74, 6) is 1.06. The van der Waals surface area contributed by atoms with Crippen molar-refractivity contribution in [2.75, 3.05) is 0 Å². The molecule has 0 unspecified atom stereocenters. The molecular formula is C47H34N2. The smallest absolute Gasteiger partial charge is 0.114 e. The molecule has 1 aromatic heterocycles. The highest BCUT2D eigenvalue weighted by Gasteiger charge is 2.19. The summed E-state index contributed by atoms with van der Waals surface area (Å²) in [6.07, 6.45) is 0.851. The third-order valence-corrected chi connectivity index (χ3v) is 9.73. The number of rotatable bonds is 6. The molecule has 0 spiro atoms. The van der Waals surface area contributed by atoms with Crippen LogP contribution >= 0.6 is 0 Å². The van der Waals surface area contributed by atoms with E-state index in [1.807, 2.05) is 0 Å². The van der Waals surface area contributed by atoms with Crippen LogP contribution in [0.25, 0.3) is 82.8 Å². The molecule has 0 amide bonds. The van der Waals surface area contributed by atoms with Crippen LogP contribution in [0.15, 0.2) is 176 Å². The van der Waals surface area contributed by atoms with Crippen molar-refractivity contribution in [3.63, 3.8) is 0 Å². The Hall–Kier alpha value is -6.25. The Bertz CT molecular complexity index is 2630. The van der Waals surface area contributed by atoms with E-state index in [4.69, 9.17) is 4.98 Å². The fourth-order valence-electron chi connectivity index (χ4n) is 7.50. The molecule has 0 saturated heterocycles. The highest BCUT2D eigenvalue weighted by molar-refractivity contribution is 6.22. The van der Waals surface area contributed by atoms with Gasteiger partial charge in [0.2, 0.25) is 0 Å². The highest BCUT2D eigenvalue weighted by Crippen LogP contribution is 2.45. The van der Waals surface area contributed by atoms with Gasteiger partial charge in [-0.2, -0.15) is 0 Å². The van der Waals surface area contributed by atoms with Gasteiger partial charge in [0.25, 0.3) is 0 Å². The molecule has 9 rings (SSSR count). The van der Waals surface area contributed by atoms with Crippen LogP contribution in [0, 0.1) is 0 Å². The van der Waals surface area contributed by atoms with E-state index >= 15 is 0 Å². The fraction of sp³-hybridized carbons (Fsp3) is 0.0426. The van der Waals surface area contributed by atoms with Gasteiger partial charge >= 0.3 is 0 Å². The Kier molecular flexibility index (Phi) is 7.13. The monoisotopic (exact) mass is 626 g/mol. The summed E-state index contributed by atoms with van der Waals surface area (Å²) in [6.45, 7) is 2.18. The molecule has 0 radical (unpaired) electrons. The minimum Gasteiger partial charge on any atom is -0.296 e. The number of nitrogens with zero attached hydrogens (tertiary/aromatic N) is 2. The maximum absolute atomic E-state index is 4.99. The van der Waals surface area contributed by atoms with Gasteiger partial charge in [0.15, 0.2) is 0 Å². The van der Waals surface area contributed by atoms with E-state index < -0.39 is 0 Å². The standard InChI is InChI=1S/C47H34N2/c1-2-45-48-43-25-11-12-26-44(43)49(45)38-22-14-21-37(30-38)46-39-23-9-10-24-40(39)47(36-20-13-19-34(29-36)32-15-5-3-6-16-32)42-31-35(27-28-41(42)46)33-17-7-4-8-18-33/h3-31H,2H2,1H3. The van der Waals surface area contributed by atoms with Crippen molar-refractivity contribution >= 4 is 32.6 Å². The predicted octanol–water partition coefficient (Wildman–Crippen LogP) is 12.6. The molecule has 1 heterocycles. The summed E-state index contributed by atoms with van der Waals surface area (Å²) in [5.41, 5.74) is 13.0. The summed E-state index contributed by atoms with van der Waals surface area (Å²) in [5, 5.41) is 4.97. The van der Waals surface area contributed by atoms with E-state index in [0.29, 0.717) is 0 Å². The van der Waals surface area contributed by atoms with Gasteiger partial charge in [0.1, 0.15) is 5.82 Å². The molecule has 2 heteroatoms. The molecule has 0 saturated carbocycles. The minimum atomic E-state index is 0.851. The highest BCUT2D eigenvalue weighted by atomic mass is 15.1. The summed E-state index contributed by atoms with van der Waals surface area (Å²) in [4.78, 5) is 4.99. The lowest BCUT2D eigenvalue weighted by Gasteiger charge is -2.20. The van der Waals surface area contributed by atoms with Gasteiger partial charge in [0, 0.05) is 12.1 Å². The van der Waals surface area contributed by atoms with Crippen LogP contribution < -0.4 is 0 Å². The first-order chi connectivity index (χ1) is 24.3. The van der Waals surface area contributed by atoms with Crippen LogP contribution in [0.1, 0.15) is 12.7 Å². The van der Waals surface area contributed by atoms with Crippen molar-refractivity contribution < 1.29 is 0 Å². The maximum atomic E-state index is 4.99. The number of aromatic nitrogens is 2. The van der Waals surface area contributed by atoms with Crippen LogP contribution in [0.4, 0.5) is 0 Å². The lowest BCUT2D eigenvalue weighted by Crippen LogP contribution is -2.00. The average molecular weight is 627 g/mol. The van der Waals surface area contributed by atoms with Gasteiger partial charge in [-0.3, -0.25) is 4.57 Å². The third kappa shape index (κ3) is 5.01. The summed E-state index contributed by atoms with van der Waals surface area (Å²) >= 11 is 0. The Morgan fingerprint density at radius 2 is 0.939 bits per heavy atom. The van der Waals surface area contributed by atoms with E-state index in [-0.39, 0.29) is 0 Å². The molecule has 0 bridgehead atoms. The normalized spacial score (nSPS) is 11.4. The molecule has 0 N–H and O–H groups in total. The summed E-state index contributed by atoms with van der Waals surface area (Å²) in [6, 6.07) is 63.8. The lowest BCUT2D eigenvalue weighted by atomic mass is 9.84. The number of aryl methyl sites for hydroxylation is 1. The summed E-state index contributed by atoms with van der Waals surface area (Å²) in [7, 11) is 0. The van der Waals surface area contributed by atoms with Crippen LogP contribution in [0.5, 0.6) is 0 Å². The zero-order valence-electron chi connectivity index (χ0n) is 27.3. The van der Waals surface area contributed by atoms with Crippen molar-refractivity contribution in [2.45, 2.75) is 13.3 Å². The molecule has 49 heavy (non-hydrogen) atoms. The second kappa shape index (κ2) is 12.1. The Morgan fingerprint density at radius 1 is 0.408 bits per heavy atom. The lowest BCUT2D eigenvalue weighted by molar-refractivity contribution is 0.908. The predicted molar refractivity (Wildman–Crippen MR) is 207 cm³/mol. The molecule has 0 fully saturated rings. The molecule has 0 atom stereocenters. The Balaban J connectivity index is 1.34. The Morgan fingerprint density at radius 3 is 1.65 bits per heavy atom. The van der Waals surface area contributed by atoms with Crippen molar-refractivity contribution in [1.29, 1.82) is 0 Å². The number of para-hydroxylation sites is 2. The molecule has 9 aromatic rings. The van der Waals surface area contributed by atoms with Crippen LogP contribution in [0.2, 0.25) is 0 Å². The van der Waals surface area contributed by atoms with Gasteiger partial charge in [-0.1, -0.05) is 146 Å². The molecular weight excluding hydrogens is 593 g/mol. The molecule has 2 nitrogen and oxygen atoms in total. The number of hydrogen-bond donors (Lipinski definition) is 0. The first-order valence-corrected chi connectivity index (χ1v) is 17.0. The van der Waals surface area contributed by atoms with E-state index in [0.717, 1.165) is 29.0 Å². The van der Waals surface area contributed by atoms with Crippen molar-refractivity contribution in [2.24, 2.45) is 0 Å².